The van der Waals surface area contributed by atoms with Gasteiger partial charge in [0, 0.05) is 0 Å². The smallest absolute Gasteiger partial charge is 0.283 e. The van der Waals surface area contributed by atoms with Crippen molar-refractivity contribution in [2.75, 3.05) is 6.54 Å². The van der Waals surface area contributed by atoms with Gasteiger partial charge in [-0.15, -0.1) is 0 Å². The third kappa shape index (κ3) is 1.54. The van der Waals surface area contributed by atoms with Gasteiger partial charge in [-0.25, -0.2) is 0 Å². The van der Waals surface area contributed by atoms with E-state index in [1.54, 1.807) is 6.92 Å². The van der Waals surface area contributed by atoms with Gasteiger partial charge in [0.15, 0.2) is 5.76 Å². The SMILES string of the molecule is Cc1c(C2CCCCN2)o[nH]c1=O. The quantitative estimate of drug-likeness (QED) is 0.683. The first-order chi connectivity index (χ1) is 6.29. The Morgan fingerprint density at radius 1 is 1.46 bits per heavy atom. The zero-order valence-electron chi connectivity index (χ0n) is 7.72. The number of piperidine rings is 1. The maximum Gasteiger partial charge on any atom is 0.283 e. The first-order valence-electron chi connectivity index (χ1n) is 4.70. The Morgan fingerprint density at radius 3 is 2.85 bits per heavy atom. The lowest BCUT2D eigenvalue weighted by molar-refractivity contribution is 0.302. The molecule has 2 rings (SSSR count). The van der Waals surface area contributed by atoms with Gasteiger partial charge < -0.3 is 9.84 Å². The Kier molecular flexibility index (Phi) is 2.22. The molecule has 1 saturated heterocycles. The third-order valence-electron chi connectivity index (χ3n) is 2.59. The first kappa shape index (κ1) is 8.56. The third-order valence-corrected chi connectivity index (χ3v) is 2.59. The number of nitrogens with one attached hydrogen (secondary N) is 2. The van der Waals surface area contributed by atoms with Gasteiger partial charge in [0.1, 0.15) is 0 Å². The van der Waals surface area contributed by atoms with E-state index in [0.29, 0.717) is 5.56 Å². The molecule has 0 aliphatic carbocycles. The molecular formula is C9H14N2O2. The Hall–Kier alpha value is -1.03. The van der Waals surface area contributed by atoms with Crippen LogP contribution in [0.4, 0.5) is 0 Å². The fourth-order valence-corrected chi connectivity index (χ4v) is 1.77. The molecule has 0 spiro atoms. The van der Waals surface area contributed by atoms with Crippen molar-refractivity contribution < 1.29 is 4.52 Å². The summed E-state index contributed by atoms with van der Waals surface area (Å²) in [5.74, 6) is 0.782. The normalized spacial score (nSPS) is 23.3. The Bertz CT molecular complexity index is 334. The van der Waals surface area contributed by atoms with E-state index in [9.17, 15) is 4.79 Å². The summed E-state index contributed by atoms with van der Waals surface area (Å²) < 4.78 is 5.13. The van der Waals surface area contributed by atoms with Crippen LogP contribution in [-0.2, 0) is 0 Å². The number of hydrogen-bond donors (Lipinski definition) is 2. The second-order valence-electron chi connectivity index (χ2n) is 3.52. The molecule has 1 unspecified atom stereocenters. The molecule has 1 aromatic heterocycles. The Morgan fingerprint density at radius 2 is 2.31 bits per heavy atom. The van der Waals surface area contributed by atoms with Crippen LogP contribution < -0.4 is 10.9 Å². The van der Waals surface area contributed by atoms with Gasteiger partial charge in [0.2, 0.25) is 0 Å². The van der Waals surface area contributed by atoms with Crippen LogP contribution in [0.15, 0.2) is 9.32 Å². The van der Waals surface area contributed by atoms with Crippen molar-refractivity contribution in [3.63, 3.8) is 0 Å². The van der Waals surface area contributed by atoms with Gasteiger partial charge in [-0.2, -0.15) is 5.16 Å². The predicted molar refractivity (Wildman–Crippen MR) is 48.7 cm³/mol. The molecule has 2 N–H and O–H groups in total. The molecule has 0 radical (unpaired) electrons. The Labute approximate surface area is 76.3 Å². The summed E-state index contributed by atoms with van der Waals surface area (Å²) in [6.45, 7) is 2.81. The van der Waals surface area contributed by atoms with Crippen LogP contribution in [0.5, 0.6) is 0 Å². The van der Waals surface area contributed by atoms with Gasteiger partial charge in [-0.05, 0) is 26.3 Å². The van der Waals surface area contributed by atoms with Crippen LogP contribution in [-0.4, -0.2) is 11.7 Å². The highest BCUT2D eigenvalue weighted by atomic mass is 16.5. The van der Waals surface area contributed by atoms with Crippen LogP contribution >= 0.6 is 0 Å². The summed E-state index contributed by atoms with van der Waals surface area (Å²) >= 11 is 0. The molecule has 4 heteroatoms. The number of H-pyrrole nitrogens is 1. The molecular weight excluding hydrogens is 168 g/mol. The lowest BCUT2D eigenvalue weighted by Gasteiger charge is -2.21. The van der Waals surface area contributed by atoms with E-state index in [0.717, 1.165) is 18.7 Å². The summed E-state index contributed by atoms with van der Waals surface area (Å²) in [5.41, 5.74) is 0.599. The molecule has 72 valence electrons. The summed E-state index contributed by atoms with van der Waals surface area (Å²) in [6, 6.07) is 0.229. The van der Waals surface area contributed by atoms with Crippen LogP contribution in [0, 0.1) is 6.92 Å². The van der Waals surface area contributed by atoms with Crippen LogP contribution in [0.25, 0.3) is 0 Å². The van der Waals surface area contributed by atoms with E-state index in [1.807, 2.05) is 0 Å². The number of hydrogen-bond acceptors (Lipinski definition) is 3. The van der Waals surface area contributed by atoms with E-state index in [1.165, 1.54) is 12.8 Å². The number of aromatic nitrogens is 1. The highest BCUT2D eigenvalue weighted by Gasteiger charge is 2.21. The second-order valence-corrected chi connectivity index (χ2v) is 3.52. The average molecular weight is 182 g/mol. The highest BCUT2D eigenvalue weighted by Crippen LogP contribution is 2.23. The van der Waals surface area contributed by atoms with Crippen molar-refractivity contribution in [1.82, 2.24) is 10.5 Å². The molecule has 1 aliphatic rings. The van der Waals surface area contributed by atoms with Crippen LogP contribution in [0.2, 0.25) is 0 Å². The minimum atomic E-state index is -0.109. The van der Waals surface area contributed by atoms with Crippen molar-refractivity contribution in [3.05, 3.63) is 21.7 Å². The average Bonchev–Trinajstić information content (AvgIpc) is 2.49. The molecule has 1 atom stereocenters. The molecule has 13 heavy (non-hydrogen) atoms. The first-order valence-corrected chi connectivity index (χ1v) is 4.70. The minimum absolute atomic E-state index is 0.109. The predicted octanol–water partition coefficient (Wildman–Crippen LogP) is 1.09. The molecule has 1 aliphatic heterocycles. The van der Waals surface area contributed by atoms with E-state index in [2.05, 4.69) is 10.5 Å². The summed E-state index contributed by atoms with van der Waals surface area (Å²) in [6.07, 6.45) is 3.47. The topological polar surface area (TPSA) is 58.0 Å². The molecule has 0 aromatic carbocycles. The largest absolute Gasteiger partial charge is 0.382 e. The van der Waals surface area contributed by atoms with Crippen LogP contribution in [0.3, 0.4) is 0 Å². The summed E-state index contributed by atoms with van der Waals surface area (Å²) in [4.78, 5) is 11.1. The zero-order valence-corrected chi connectivity index (χ0v) is 7.72. The second kappa shape index (κ2) is 3.38. The zero-order chi connectivity index (χ0) is 9.26. The lowest BCUT2D eigenvalue weighted by Crippen LogP contribution is -2.27. The van der Waals surface area contributed by atoms with Gasteiger partial charge in [-0.3, -0.25) is 4.79 Å². The summed E-state index contributed by atoms with van der Waals surface area (Å²) in [5, 5.41) is 5.70. The Balaban J connectivity index is 2.23. The van der Waals surface area contributed by atoms with Crippen molar-refractivity contribution in [1.29, 1.82) is 0 Å². The van der Waals surface area contributed by atoms with E-state index >= 15 is 0 Å². The van der Waals surface area contributed by atoms with Gasteiger partial charge in [0.25, 0.3) is 5.56 Å². The monoisotopic (exact) mass is 182 g/mol. The molecule has 0 bridgehead atoms. The molecule has 2 heterocycles. The molecule has 4 nitrogen and oxygen atoms in total. The lowest BCUT2D eigenvalue weighted by atomic mass is 10.0. The minimum Gasteiger partial charge on any atom is -0.382 e. The molecule has 1 fully saturated rings. The maximum absolute atomic E-state index is 11.1. The van der Waals surface area contributed by atoms with Crippen molar-refractivity contribution in [2.24, 2.45) is 0 Å². The highest BCUT2D eigenvalue weighted by molar-refractivity contribution is 5.15. The number of rotatable bonds is 1. The van der Waals surface area contributed by atoms with Crippen molar-refractivity contribution in [2.45, 2.75) is 32.2 Å². The molecule has 1 aromatic rings. The fourth-order valence-electron chi connectivity index (χ4n) is 1.77. The van der Waals surface area contributed by atoms with Gasteiger partial charge >= 0.3 is 0 Å². The van der Waals surface area contributed by atoms with E-state index < -0.39 is 0 Å². The molecule has 0 saturated carbocycles. The van der Waals surface area contributed by atoms with E-state index in [4.69, 9.17) is 4.52 Å². The van der Waals surface area contributed by atoms with Crippen molar-refractivity contribution in [3.8, 4) is 0 Å². The van der Waals surface area contributed by atoms with E-state index in [-0.39, 0.29) is 11.6 Å². The van der Waals surface area contributed by atoms with Gasteiger partial charge in [-0.1, -0.05) is 6.42 Å². The molecule has 0 amide bonds. The number of aromatic amines is 1. The van der Waals surface area contributed by atoms with Crippen LogP contribution in [0.1, 0.15) is 36.6 Å². The van der Waals surface area contributed by atoms with Gasteiger partial charge in [0.05, 0.1) is 11.6 Å². The van der Waals surface area contributed by atoms with Crippen molar-refractivity contribution >= 4 is 0 Å². The maximum atomic E-state index is 11.1. The summed E-state index contributed by atoms with van der Waals surface area (Å²) in [7, 11) is 0. The fraction of sp³-hybridized carbons (Fsp3) is 0.667. The standard InChI is InChI=1S/C9H14N2O2/c1-6-8(13-11-9(6)12)7-4-2-3-5-10-7/h7,10H,2-5H2,1H3,(H,11,12).